The number of amides is 2. The van der Waals surface area contributed by atoms with Crippen molar-refractivity contribution in [1.82, 2.24) is 39.3 Å². The lowest BCUT2D eigenvalue weighted by Gasteiger charge is -2.33. The second-order valence-corrected chi connectivity index (χ2v) is 11.4. The average molecular weight is 579 g/mol. The first kappa shape index (κ1) is 26.7. The van der Waals surface area contributed by atoms with Gasteiger partial charge in [0.05, 0.1) is 18.8 Å². The van der Waals surface area contributed by atoms with Crippen molar-refractivity contribution in [2.75, 3.05) is 26.3 Å². The van der Waals surface area contributed by atoms with Gasteiger partial charge < -0.3 is 19.5 Å². The second kappa shape index (κ2) is 10.9. The maximum atomic E-state index is 14.9. The first-order chi connectivity index (χ1) is 20.5. The Morgan fingerprint density at radius 2 is 1.90 bits per heavy atom. The quantitative estimate of drug-likeness (QED) is 0.380. The molecule has 1 unspecified atom stereocenters. The van der Waals surface area contributed by atoms with Crippen LogP contribution in [0.2, 0.25) is 0 Å². The summed E-state index contributed by atoms with van der Waals surface area (Å²) >= 11 is 0. The van der Waals surface area contributed by atoms with Crippen molar-refractivity contribution in [2.24, 2.45) is 0 Å². The fourth-order valence-corrected chi connectivity index (χ4v) is 6.81. The molecule has 0 radical (unpaired) electrons. The van der Waals surface area contributed by atoms with Crippen LogP contribution in [0.15, 0.2) is 41.7 Å². The molecule has 3 aliphatic heterocycles. The SMILES string of the molecule is O=C(N[C@@H]1CC[C@@H](c2cccc(F)c2F)Cn2c(C3CCOC3)cnc21)N1CCC(n2c(=O)[nH]c3ncncc32)CC1. The summed E-state index contributed by atoms with van der Waals surface area (Å²) in [6.07, 6.45) is 8.04. The van der Waals surface area contributed by atoms with E-state index in [4.69, 9.17) is 9.72 Å². The highest BCUT2D eigenvalue weighted by Crippen LogP contribution is 2.38. The molecule has 2 fully saturated rings. The molecule has 3 aliphatic rings. The molecular weight excluding hydrogens is 546 g/mol. The van der Waals surface area contributed by atoms with Crippen molar-refractivity contribution in [3.05, 3.63) is 76.1 Å². The number of halogens is 2. The minimum absolute atomic E-state index is 0.0730. The summed E-state index contributed by atoms with van der Waals surface area (Å²) in [6.45, 7) is 2.66. The van der Waals surface area contributed by atoms with E-state index in [1.165, 1.54) is 6.33 Å². The van der Waals surface area contributed by atoms with E-state index >= 15 is 0 Å². The largest absolute Gasteiger partial charge is 0.381 e. The van der Waals surface area contributed by atoms with Crippen molar-refractivity contribution in [2.45, 2.75) is 62.6 Å². The third-order valence-corrected chi connectivity index (χ3v) is 9.02. The molecule has 7 rings (SSSR count). The van der Waals surface area contributed by atoms with Crippen molar-refractivity contribution >= 4 is 17.2 Å². The van der Waals surface area contributed by atoms with Crippen molar-refractivity contribution < 1.29 is 18.3 Å². The van der Waals surface area contributed by atoms with Crippen LogP contribution in [0.3, 0.4) is 0 Å². The first-order valence-electron chi connectivity index (χ1n) is 14.5. The standard InChI is InChI=1S/C29H32F2N8O3/c30-21-3-1-2-20(25(21)31)17-4-5-22(27-33-13-23(38(27)14-17)18-8-11-42-15-18)35-28(40)37-9-6-19(7-10-37)39-24-12-32-16-34-26(24)36-29(39)41/h1-3,12-13,16-19,22H,4-11,14-15H2,(H,35,40)(H,32,34,36,41)/t17-,18?,22-/m1/s1. The number of benzene rings is 1. The smallest absolute Gasteiger partial charge is 0.327 e. The number of fused-ring (bicyclic) bond motifs is 2. The van der Waals surface area contributed by atoms with Crippen LogP contribution in [0.4, 0.5) is 13.6 Å². The van der Waals surface area contributed by atoms with Gasteiger partial charge in [0.25, 0.3) is 0 Å². The zero-order chi connectivity index (χ0) is 28.8. The number of carbonyl (C=O) groups is 1. The van der Waals surface area contributed by atoms with Crippen LogP contribution in [-0.2, 0) is 11.3 Å². The molecule has 4 aromatic rings. The zero-order valence-corrected chi connectivity index (χ0v) is 23.0. The number of hydrogen-bond acceptors (Lipinski definition) is 6. The molecule has 1 aromatic carbocycles. The Kier molecular flexibility index (Phi) is 6.96. The Labute approximate surface area is 239 Å². The number of aromatic amines is 1. The van der Waals surface area contributed by atoms with Gasteiger partial charge in [-0.3, -0.25) is 9.55 Å². The van der Waals surface area contributed by atoms with Gasteiger partial charge in [-0.2, -0.15) is 0 Å². The number of aromatic nitrogens is 6. The summed E-state index contributed by atoms with van der Waals surface area (Å²) in [6, 6.07) is 3.65. The van der Waals surface area contributed by atoms with E-state index in [2.05, 4.69) is 24.8 Å². The molecule has 6 heterocycles. The number of piperidine rings is 1. The number of rotatable bonds is 4. The normalized spacial score (nSPS) is 23.2. The predicted molar refractivity (Wildman–Crippen MR) is 148 cm³/mol. The number of likely N-dealkylation sites (tertiary alicyclic amines) is 1. The van der Waals surface area contributed by atoms with Gasteiger partial charge in [0.15, 0.2) is 17.3 Å². The maximum absolute atomic E-state index is 14.9. The molecule has 2 amide bonds. The molecule has 0 saturated carbocycles. The first-order valence-corrected chi connectivity index (χ1v) is 14.5. The lowest BCUT2D eigenvalue weighted by atomic mass is 9.92. The number of nitrogens with one attached hydrogen (secondary N) is 2. The van der Waals surface area contributed by atoms with Crippen LogP contribution in [0, 0.1) is 11.6 Å². The molecule has 3 aromatic heterocycles. The molecule has 220 valence electrons. The van der Waals surface area contributed by atoms with Gasteiger partial charge in [0.2, 0.25) is 0 Å². The van der Waals surface area contributed by atoms with Crippen LogP contribution < -0.4 is 11.0 Å². The van der Waals surface area contributed by atoms with E-state index in [1.54, 1.807) is 27.8 Å². The minimum atomic E-state index is -0.859. The fourth-order valence-electron chi connectivity index (χ4n) is 6.81. The number of carbonyl (C=O) groups excluding carboxylic acids is 1. The Morgan fingerprint density at radius 1 is 1.05 bits per heavy atom. The predicted octanol–water partition coefficient (Wildman–Crippen LogP) is 3.76. The van der Waals surface area contributed by atoms with E-state index in [-0.39, 0.29) is 35.6 Å². The number of urea groups is 1. The Hall–Kier alpha value is -4.13. The van der Waals surface area contributed by atoms with Gasteiger partial charge in [0, 0.05) is 56.0 Å². The highest BCUT2D eigenvalue weighted by Gasteiger charge is 2.34. The number of hydrogen-bond donors (Lipinski definition) is 2. The van der Waals surface area contributed by atoms with Crippen LogP contribution in [0.25, 0.3) is 11.2 Å². The third kappa shape index (κ3) is 4.75. The van der Waals surface area contributed by atoms with Crippen molar-refractivity contribution in [3.63, 3.8) is 0 Å². The highest BCUT2D eigenvalue weighted by atomic mass is 19.2. The van der Waals surface area contributed by atoms with Crippen LogP contribution in [0.5, 0.6) is 0 Å². The highest BCUT2D eigenvalue weighted by molar-refractivity contribution is 5.75. The Morgan fingerprint density at radius 3 is 2.71 bits per heavy atom. The molecule has 0 spiro atoms. The monoisotopic (exact) mass is 578 g/mol. The molecule has 42 heavy (non-hydrogen) atoms. The Bertz CT molecular complexity index is 1670. The molecule has 13 heteroatoms. The average Bonchev–Trinajstić information content (AvgIpc) is 3.72. The molecule has 0 bridgehead atoms. The summed E-state index contributed by atoms with van der Waals surface area (Å²) < 4.78 is 38.5. The molecular formula is C29H32F2N8O3. The number of imidazole rings is 2. The summed E-state index contributed by atoms with van der Waals surface area (Å²) in [7, 11) is 0. The van der Waals surface area contributed by atoms with Crippen LogP contribution >= 0.6 is 0 Å². The van der Waals surface area contributed by atoms with Gasteiger partial charge in [-0.15, -0.1) is 0 Å². The van der Waals surface area contributed by atoms with Gasteiger partial charge in [0.1, 0.15) is 17.7 Å². The van der Waals surface area contributed by atoms with Crippen molar-refractivity contribution in [1.29, 1.82) is 0 Å². The maximum Gasteiger partial charge on any atom is 0.327 e. The van der Waals surface area contributed by atoms with Crippen molar-refractivity contribution in [3.8, 4) is 0 Å². The molecule has 2 saturated heterocycles. The lowest BCUT2D eigenvalue weighted by molar-refractivity contribution is 0.167. The number of nitrogens with zero attached hydrogens (tertiary/aromatic N) is 6. The second-order valence-electron chi connectivity index (χ2n) is 11.4. The summed E-state index contributed by atoms with van der Waals surface area (Å²) in [4.78, 5) is 43.6. The van der Waals surface area contributed by atoms with Gasteiger partial charge >= 0.3 is 11.7 Å². The fraction of sp³-hybridized carbons (Fsp3) is 0.483. The van der Waals surface area contributed by atoms with E-state index in [0.717, 1.165) is 24.0 Å². The van der Waals surface area contributed by atoms with Gasteiger partial charge in [-0.25, -0.2) is 33.3 Å². The van der Waals surface area contributed by atoms with Gasteiger partial charge in [-0.1, -0.05) is 12.1 Å². The molecule has 0 aliphatic carbocycles. The summed E-state index contributed by atoms with van der Waals surface area (Å²) in [5.74, 6) is -1.06. The molecule has 3 atom stereocenters. The zero-order valence-electron chi connectivity index (χ0n) is 23.0. The topological polar surface area (TPSA) is 123 Å². The lowest BCUT2D eigenvalue weighted by Crippen LogP contribution is -2.46. The van der Waals surface area contributed by atoms with E-state index < -0.39 is 11.6 Å². The Balaban J connectivity index is 1.10. The molecule has 11 nitrogen and oxygen atoms in total. The number of H-pyrrole nitrogens is 1. The third-order valence-electron chi connectivity index (χ3n) is 9.02. The summed E-state index contributed by atoms with van der Waals surface area (Å²) in [5.41, 5.74) is 2.27. The van der Waals surface area contributed by atoms with E-state index in [0.29, 0.717) is 75.3 Å². The van der Waals surface area contributed by atoms with E-state index in [9.17, 15) is 18.4 Å². The number of ether oxygens (including phenoxy) is 1. The summed E-state index contributed by atoms with van der Waals surface area (Å²) in [5, 5.41) is 3.19. The van der Waals surface area contributed by atoms with Crippen LogP contribution in [0.1, 0.15) is 73.1 Å². The van der Waals surface area contributed by atoms with E-state index in [1.807, 2.05) is 6.20 Å². The molecule has 2 N–H and O–H groups in total. The van der Waals surface area contributed by atoms with Gasteiger partial charge in [-0.05, 0) is 43.7 Å². The van der Waals surface area contributed by atoms with Crippen LogP contribution in [-0.4, -0.2) is 66.3 Å². The minimum Gasteiger partial charge on any atom is -0.381 e.